The summed E-state index contributed by atoms with van der Waals surface area (Å²) in [5.74, 6) is -0.721. The number of nitrogens with zero attached hydrogens (tertiary/aromatic N) is 1. The Bertz CT molecular complexity index is 868. The molecule has 0 spiro atoms. The van der Waals surface area contributed by atoms with Gasteiger partial charge < -0.3 is 10.2 Å². The number of hydrogen-bond donors (Lipinski definition) is 1. The van der Waals surface area contributed by atoms with Crippen LogP contribution in [0.15, 0.2) is 42.5 Å². The summed E-state index contributed by atoms with van der Waals surface area (Å²) >= 11 is 0. The molecule has 2 amide bonds. The summed E-state index contributed by atoms with van der Waals surface area (Å²) in [7, 11) is 0. The smallest absolute Gasteiger partial charge is 0.229 e. The predicted molar refractivity (Wildman–Crippen MR) is 101 cm³/mol. The fourth-order valence-electron chi connectivity index (χ4n) is 3.30. The lowest BCUT2D eigenvalue weighted by Gasteiger charge is -2.18. The summed E-state index contributed by atoms with van der Waals surface area (Å²) in [5.41, 5.74) is 4.12. The van der Waals surface area contributed by atoms with E-state index in [4.69, 9.17) is 0 Å². The van der Waals surface area contributed by atoms with Crippen molar-refractivity contribution < 1.29 is 14.4 Å². The SMILES string of the molecule is CC(=O)c1cccc(NC(=O)[C@H]2CC(=O)N(c3cc(C)cc(C)c3)C2)c1. The maximum atomic E-state index is 12.6. The lowest BCUT2D eigenvalue weighted by molar-refractivity contribution is -0.122. The summed E-state index contributed by atoms with van der Waals surface area (Å²) in [6, 6.07) is 12.8. The fourth-order valence-corrected chi connectivity index (χ4v) is 3.30. The largest absolute Gasteiger partial charge is 0.326 e. The second-order valence-corrected chi connectivity index (χ2v) is 6.88. The van der Waals surface area contributed by atoms with Gasteiger partial charge >= 0.3 is 0 Å². The number of Topliss-reactive ketones (excluding diaryl/α,β-unsaturated/α-hetero) is 1. The Balaban J connectivity index is 1.73. The average Bonchev–Trinajstić information content (AvgIpc) is 2.96. The molecule has 0 aromatic heterocycles. The van der Waals surface area contributed by atoms with Crippen molar-refractivity contribution in [2.75, 3.05) is 16.8 Å². The van der Waals surface area contributed by atoms with Crippen LogP contribution in [0.1, 0.15) is 34.8 Å². The first-order valence-electron chi connectivity index (χ1n) is 8.64. The minimum Gasteiger partial charge on any atom is -0.326 e. The van der Waals surface area contributed by atoms with Crippen molar-refractivity contribution in [3.8, 4) is 0 Å². The number of nitrogens with one attached hydrogen (secondary N) is 1. The summed E-state index contributed by atoms with van der Waals surface area (Å²) < 4.78 is 0. The van der Waals surface area contributed by atoms with E-state index in [1.54, 1.807) is 29.2 Å². The van der Waals surface area contributed by atoms with Crippen molar-refractivity contribution in [3.05, 3.63) is 59.2 Å². The van der Waals surface area contributed by atoms with E-state index in [9.17, 15) is 14.4 Å². The van der Waals surface area contributed by atoms with Gasteiger partial charge in [-0.2, -0.15) is 0 Å². The van der Waals surface area contributed by atoms with E-state index < -0.39 is 5.92 Å². The molecule has 1 atom stereocenters. The molecule has 2 aromatic rings. The van der Waals surface area contributed by atoms with Gasteiger partial charge in [0.1, 0.15) is 0 Å². The van der Waals surface area contributed by atoms with Crippen molar-refractivity contribution in [2.24, 2.45) is 5.92 Å². The molecule has 1 N–H and O–H groups in total. The van der Waals surface area contributed by atoms with Crippen molar-refractivity contribution >= 4 is 29.0 Å². The molecule has 1 aliphatic heterocycles. The third kappa shape index (κ3) is 3.82. The van der Waals surface area contributed by atoms with Crippen LogP contribution in [-0.4, -0.2) is 24.1 Å². The van der Waals surface area contributed by atoms with Crippen LogP contribution >= 0.6 is 0 Å². The van der Waals surface area contributed by atoms with Crippen molar-refractivity contribution in [2.45, 2.75) is 27.2 Å². The standard InChI is InChI=1S/C21H22N2O3/c1-13-7-14(2)9-19(8-13)23-12-17(11-20(23)25)21(26)22-18-6-4-5-16(10-18)15(3)24/h4-10,17H,11-12H2,1-3H3,(H,22,26)/t17-/m0/s1. The molecule has 0 saturated carbocycles. The van der Waals surface area contributed by atoms with E-state index in [0.29, 0.717) is 17.8 Å². The molecule has 1 saturated heterocycles. The molecule has 3 rings (SSSR count). The van der Waals surface area contributed by atoms with E-state index in [1.807, 2.05) is 26.0 Å². The third-order valence-electron chi connectivity index (χ3n) is 4.55. The van der Waals surface area contributed by atoms with Crippen LogP contribution in [0.2, 0.25) is 0 Å². The number of ketones is 1. The van der Waals surface area contributed by atoms with Crippen LogP contribution in [-0.2, 0) is 9.59 Å². The van der Waals surface area contributed by atoms with Gasteiger partial charge in [0.25, 0.3) is 0 Å². The summed E-state index contributed by atoms with van der Waals surface area (Å²) in [6.07, 6.45) is 0.186. The van der Waals surface area contributed by atoms with Gasteiger partial charge in [-0.15, -0.1) is 0 Å². The Labute approximate surface area is 153 Å². The van der Waals surface area contributed by atoms with E-state index >= 15 is 0 Å². The Hall–Kier alpha value is -2.95. The van der Waals surface area contributed by atoms with E-state index in [2.05, 4.69) is 11.4 Å². The Morgan fingerprint density at radius 3 is 2.42 bits per heavy atom. The molecular formula is C21H22N2O3. The highest BCUT2D eigenvalue weighted by molar-refractivity contribution is 6.04. The minimum absolute atomic E-state index is 0.0485. The lowest BCUT2D eigenvalue weighted by atomic mass is 10.1. The number of amides is 2. The quantitative estimate of drug-likeness (QED) is 0.858. The van der Waals surface area contributed by atoms with Crippen LogP contribution in [0.3, 0.4) is 0 Å². The van der Waals surface area contributed by atoms with Gasteiger partial charge in [0.15, 0.2) is 5.78 Å². The maximum absolute atomic E-state index is 12.6. The van der Waals surface area contributed by atoms with Crippen LogP contribution < -0.4 is 10.2 Å². The van der Waals surface area contributed by atoms with Crippen molar-refractivity contribution in [1.29, 1.82) is 0 Å². The maximum Gasteiger partial charge on any atom is 0.229 e. The number of rotatable bonds is 4. The van der Waals surface area contributed by atoms with Crippen molar-refractivity contribution in [1.82, 2.24) is 0 Å². The lowest BCUT2D eigenvalue weighted by Crippen LogP contribution is -2.28. The van der Waals surface area contributed by atoms with Gasteiger partial charge in [0.05, 0.1) is 5.92 Å². The van der Waals surface area contributed by atoms with Gasteiger partial charge in [0, 0.05) is 29.9 Å². The number of aryl methyl sites for hydroxylation is 2. The molecule has 1 heterocycles. The highest BCUT2D eigenvalue weighted by Gasteiger charge is 2.35. The Kier molecular flexibility index (Phi) is 4.89. The number of hydrogen-bond acceptors (Lipinski definition) is 3. The molecule has 1 fully saturated rings. The monoisotopic (exact) mass is 350 g/mol. The number of carbonyl (C=O) groups is 3. The average molecular weight is 350 g/mol. The molecule has 5 nitrogen and oxygen atoms in total. The van der Waals surface area contributed by atoms with Gasteiger partial charge in [-0.3, -0.25) is 14.4 Å². The second kappa shape index (κ2) is 7.12. The predicted octanol–water partition coefficient (Wildman–Crippen LogP) is 3.50. The van der Waals surface area contributed by atoms with Crippen LogP contribution in [0, 0.1) is 19.8 Å². The summed E-state index contributed by atoms with van der Waals surface area (Å²) in [4.78, 5) is 38.1. The zero-order valence-corrected chi connectivity index (χ0v) is 15.2. The number of benzene rings is 2. The van der Waals surface area contributed by atoms with Gasteiger partial charge in [-0.25, -0.2) is 0 Å². The summed E-state index contributed by atoms with van der Waals surface area (Å²) in [5, 5.41) is 2.82. The van der Waals surface area contributed by atoms with Crippen LogP contribution in [0.5, 0.6) is 0 Å². The van der Waals surface area contributed by atoms with E-state index in [-0.39, 0.29) is 24.0 Å². The molecule has 134 valence electrons. The molecule has 1 aliphatic rings. The highest BCUT2D eigenvalue weighted by Crippen LogP contribution is 2.27. The van der Waals surface area contributed by atoms with E-state index in [1.165, 1.54) is 6.92 Å². The number of carbonyl (C=O) groups excluding carboxylic acids is 3. The first-order valence-corrected chi connectivity index (χ1v) is 8.64. The summed E-state index contributed by atoms with van der Waals surface area (Å²) in [6.45, 7) is 5.82. The molecule has 0 unspecified atom stereocenters. The Morgan fingerprint density at radius 1 is 1.08 bits per heavy atom. The minimum atomic E-state index is -0.413. The third-order valence-corrected chi connectivity index (χ3v) is 4.55. The van der Waals surface area contributed by atoms with Gasteiger partial charge in [-0.1, -0.05) is 18.2 Å². The molecular weight excluding hydrogens is 328 g/mol. The zero-order chi connectivity index (χ0) is 18.8. The molecule has 0 bridgehead atoms. The molecule has 0 aliphatic carbocycles. The molecule has 26 heavy (non-hydrogen) atoms. The first-order chi connectivity index (χ1) is 12.3. The highest BCUT2D eigenvalue weighted by atomic mass is 16.2. The number of anilines is 2. The van der Waals surface area contributed by atoms with E-state index in [0.717, 1.165) is 16.8 Å². The topological polar surface area (TPSA) is 66.5 Å². The second-order valence-electron chi connectivity index (χ2n) is 6.88. The van der Waals surface area contributed by atoms with Crippen LogP contribution in [0.25, 0.3) is 0 Å². The first kappa shape index (κ1) is 17.9. The Morgan fingerprint density at radius 2 is 1.77 bits per heavy atom. The molecule has 2 aromatic carbocycles. The zero-order valence-electron chi connectivity index (χ0n) is 15.2. The molecule has 0 radical (unpaired) electrons. The van der Waals surface area contributed by atoms with Crippen LogP contribution in [0.4, 0.5) is 11.4 Å². The fraction of sp³-hybridized carbons (Fsp3) is 0.286. The normalized spacial score (nSPS) is 16.7. The van der Waals surface area contributed by atoms with Gasteiger partial charge in [0.2, 0.25) is 11.8 Å². The van der Waals surface area contributed by atoms with Crippen molar-refractivity contribution in [3.63, 3.8) is 0 Å². The molecule has 5 heteroatoms. The van der Waals surface area contributed by atoms with Gasteiger partial charge in [-0.05, 0) is 56.2 Å².